The molecule has 1 N–H and O–H groups in total. The van der Waals surface area contributed by atoms with Gasteiger partial charge in [-0.1, -0.05) is 73.5 Å². The molecule has 2 rings (SSSR count). The highest BCUT2D eigenvalue weighted by atomic mass is 16.3. The number of rotatable bonds is 2. The molecule has 4 unspecified atom stereocenters. The standard InChI is InChI=1S/C22H37NO/c1-15-10-8-9-11-19(15)23-14-16-12-17(21(2,3)4)13-18(20(16)24)22(5,6)7/h12-15,18-20,24H,8-11H2,1-7H3. The summed E-state index contributed by atoms with van der Waals surface area (Å²) in [6, 6.07) is 0.420. The van der Waals surface area contributed by atoms with Crippen LogP contribution in [0.1, 0.15) is 74.1 Å². The Hall–Kier alpha value is -0.890. The third-order valence-electron chi connectivity index (χ3n) is 5.71. The molecule has 0 aromatic heterocycles. The summed E-state index contributed by atoms with van der Waals surface area (Å²) >= 11 is 0. The lowest BCUT2D eigenvalue weighted by atomic mass is 9.69. The fourth-order valence-electron chi connectivity index (χ4n) is 3.81. The molecule has 2 aliphatic rings. The van der Waals surface area contributed by atoms with Crippen molar-refractivity contribution in [2.45, 2.75) is 86.3 Å². The first-order chi connectivity index (χ1) is 11.0. The zero-order valence-electron chi connectivity index (χ0n) is 16.8. The Bertz CT molecular complexity index is 527. The van der Waals surface area contributed by atoms with Gasteiger partial charge in [-0.2, -0.15) is 0 Å². The maximum absolute atomic E-state index is 10.9. The average Bonchev–Trinajstić information content (AvgIpc) is 2.45. The van der Waals surface area contributed by atoms with E-state index in [1.54, 1.807) is 0 Å². The van der Waals surface area contributed by atoms with Crippen molar-refractivity contribution in [1.82, 2.24) is 0 Å². The van der Waals surface area contributed by atoms with Gasteiger partial charge >= 0.3 is 0 Å². The lowest BCUT2D eigenvalue weighted by molar-refractivity contribution is 0.100. The predicted molar refractivity (Wildman–Crippen MR) is 104 cm³/mol. The van der Waals surface area contributed by atoms with Gasteiger partial charge in [0.15, 0.2) is 0 Å². The number of hydrogen-bond donors (Lipinski definition) is 1. The van der Waals surface area contributed by atoms with Gasteiger partial charge in [0.25, 0.3) is 0 Å². The largest absolute Gasteiger partial charge is 0.388 e. The number of aliphatic hydroxyl groups is 1. The highest BCUT2D eigenvalue weighted by Gasteiger charge is 2.35. The van der Waals surface area contributed by atoms with Crippen LogP contribution in [-0.2, 0) is 0 Å². The van der Waals surface area contributed by atoms with Gasteiger partial charge in [0, 0.05) is 12.1 Å². The second kappa shape index (κ2) is 7.15. The van der Waals surface area contributed by atoms with Gasteiger partial charge in [-0.25, -0.2) is 0 Å². The van der Waals surface area contributed by atoms with Crippen molar-refractivity contribution < 1.29 is 5.11 Å². The van der Waals surface area contributed by atoms with Crippen LogP contribution in [-0.4, -0.2) is 23.5 Å². The molecule has 136 valence electrons. The zero-order valence-corrected chi connectivity index (χ0v) is 16.8. The minimum absolute atomic E-state index is 0.0292. The molecule has 2 heteroatoms. The lowest BCUT2D eigenvalue weighted by Gasteiger charge is -2.38. The fourth-order valence-corrected chi connectivity index (χ4v) is 3.81. The molecule has 0 aromatic rings. The van der Waals surface area contributed by atoms with Crippen LogP contribution >= 0.6 is 0 Å². The first-order valence-corrected chi connectivity index (χ1v) is 9.65. The van der Waals surface area contributed by atoms with E-state index in [1.165, 1.54) is 31.3 Å². The smallest absolute Gasteiger partial charge is 0.0872 e. The van der Waals surface area contributed by atoms with E-state index in [-0.39, 0.29) is 16.7 Å². The van der Waals surface area contributed by atoms with Gasteiger partial charge in [0.05, 0.1) is 12.1 Å². The van der Waals surface area contributed by atoms with Gasteiger partial charge in [-0.05, 0) is 40.7 Å². The molecule has 2 nitrogen and oxygen atoms in total. The van der Waals surface area contributed by atoms with E-state index in [9.17, 15) is 5.11 Å². The predicted octanol–water partition coefficient (Wildman–Crippen LogP) is 5.57. The van der Waals surface area contributed by atoms with Gasteiger partial charge in [-0.15, -0.1) is 0 Å². The van der Waals surface area contributed by atoms with Crippen molar-refractivity contribution in [2.75, 3.05) is 0 Å². The summed E-state index contributed by atoms with van der Waals surface area (Å²) in [5.74, 6) is 0.786. The van der Waals surface area contributed by atoms with Crippen LogP contribution in [0.4, 0.5) is 0 Å². The Labute approximate surface area is 149 Å². The van der Waals surface area contributed by atoms with Crippen LogP contribution in [0, 0.1) is 22.7 Å². The van der Waals surface area contributed by atoms with Crippen molar-refractivity contribution in [1.29, 1.82) is 0 Å². The minimum atomic E-state index is -0.459. The lowest BCUT2D eigenvalue weighted by Crippen LogP contribution is -2.36. The molecular weight excluding hydrogens is 294 g/mol. The number of hydrogen-bond acceptors (Lipinski definition) is 2. The second-order valence-electron chi connectivity index (χ2n) is 9.96. The Morgan fingerprint density at radius 3 is 2.25 bits per heavy atom. The second-order valence-corrected chi connectivity index (χ2v) is 9.96. The normalized spacial score (nSPS) is 32.7. The van der Waals surface area contributed by atoms with E-state index in [2.05, 4.69) is 60.6 Å². The van der Waals surface area contributed by atoms with Crippen molar-refractivity contribution in [3.63, 3.8) is 0 Å². The Balaban J connectivity index is 2.29. The highest BCUT2D eigenvalue weighted by Crippen LogP contribution is 2.40. The molecule has 0 amide bonds. The summed E-state index contributed by atoms with van der Waals surface area (Å²) in [6.07, 6.45) is 11.1. The number of aliphatic imine (C=N–C) groups is 1. The van der Waals surface area contributed by atoms with Crippen LogP contribution in [0.5, 0.6) is 0 Å². The maximum Gasteiger partial charge on any atom is 0.0872 e. The van der Waals surface area contributed by atoms with E-state index in [0.29, 0.717) is 12.0 Å². The van der Waals surface area contributed by atoms with Crippen LogP contribution in [0.2, 0.25) is 0 Å². The van der Waals surface area contributed by atoms with Crippen LogP contribution in [0.25, 0.3) is 0 Å². The third-order valence-corrected chi connectivity index (χ3v) is 5.71. The highest BCUT2D eigenvalue weighted by molar-refractivity contribution is 5.82. The summed E-state index contributed by atoms with van der Waals surface area (Å²) < 4.78 is 0. The molecule has 0 radical (unpaired) electrons. The summed E-state index contributed by atoms with van der Waals surface area (Å²) in [6.45, 7) is 15.7. The number of aliphatic hydroxyl groups excluding tert-OH is 1. The summed E-state index contributed by atoms with van der Waals surface area (Å²) in [4.78, 5) is 4.89. The molecule has 24 heavy (non-hydrogen) atoms. The molecule has 1 fully saturated rings. The molecule has 0 aromatic carbocycles. The van der Waals surface area contributed by atoms with E-state index in [1.807, 2.05) is 6.21 Å². The Kier molecular flexibility index (Phi) is 5.79. The van der Waals surface area contributed by atoms with Crippen molar-refractivity contribution in [2.24, 2.45) is 27.7 Å². The molecule has 1 saturated carbocycles. The summed E-state index contributed by atoms with van der Waals surface area (Å²) in [5.41, 5.74) is 2.41. The molecule has 4 atom stereocenters. The first kappa shape index (κ1) is 19.4. The Morgan fingerprint density at radius 1 is 1.08 bits per heavy atom. The van der Waals surface area contributed by atoms with Crippen LogP contribution < -0.4 is 0 Å². The van der Waals surface area contributed by atoms with E-state index in [0.717, 1.165) is 5.57 Å². The van der Waals surface area contributed by atoms with Gasteiger partial charge in [0.2, 0.25) is 0 Å². The molecule has 0 spiro atoms. The molecule has 0 saturated heterocycles. The third kappa shape index (κ3) is 4.59. The quantitative estimate of drug-likeness (QED) is 0.659. The van der Waals surface area contributed by atoms with Crippen LogP contribution in [0.15, 0.2) is 28.3 Å². The van der Waals surface area contributed by atoms with Gasteiger partial charge < -0.3 is 5.11 Å². The van der Waals surface area contributed by atoms with Gasteiger partial charge in [-0.3, -0.25) is 4.99 Å². The van der Waals surface area contributed by atoms with Crippen molar-refractivity contribution >= 4 is 6.21 Å². The zero-order chi connectivity index (χ0) is 18.1. The fraction of sp³-hybridized carbons (Fsp3) is 0.773. The first-order valence-electron chi connectivity index (χ1n) is 9.65. The number of nitrogens with zero attached hydrogens (tertiary/aromatic N) is 1. The SMILES string of the molecule is CC1CCCCC1N=CC1=CC(C(C)(C)C)=CC(C(C)(C)C)C1O. The topological polar surface area (TPSA) is 32.6 Å². The summed E-state index contributed by atoms with van der Waals surface area (Å²) in [7, 11) is 0. The van der Waals surface area contributed by atoms with Gasteiger partial charge in [0.1, 0.15) is 0 Å². The van der Waals surface area contributed by atoms with Crippen molar-refractivity contribution in [3.05, 3.63) is 23.3 Å². The van der Waals surface area contributed by atoms with E-state index >= 15 is 0 Å². The van der Waals surface area contributed by atoms with Crippen LogP contribution in [0.3, 0.4) is 0 Å². The van der Waals surface area contributed by atoms with E-state index < -0.39 is 6.10 Å². The molecule has 0 bridgehead atoms. The van der Waals surface area contributed by atoms with Crippen molar-refractivity contribution in [3.8, 4) is 0 Å². The monoisotopic (exact) mass is 331 g/mol. The minimum Gasteiger partial charge on any atom is -0.388 e. The number of allylic oxidation sites excluding steroid dienone is 2. The molecular formula is C22H37NO. The molecule has 0 heterocycles. The Morgan fingerprint density at radius 2 is 1.71 bits per heavy atom. The maximum atomic E-state index is 10.9. The van der Waals surface area contributed by atoms with E-state index in [4.69, 9.17) is 4.99 Å². The summed E-state index contributed by atoms with van der Waals surface area (Å²) in [5, 5.41) is 10.9. The average molecular weight is 332 g/mol. The molecule has 0 aliphatic heterocycles. The molecule has 2 aliphatic carbocycles.